The summed E-state index contributed by atoms with van der Waals surface area (Å²) in [7, 11) is 0. The number of ether oxygens (including phenoxy) is 1. The monoisotopic (exact) mass is 277 g/mol. The molecule has 1 aromatic heterocycles. The van der Waals surface area contributed by atoms with E-state index in [-0.39, 0.29) is 0 Å². The number of carbonyl (C=O) groups is 1. The van der Waals surface area contributed by atoms with Crippen LogP contribution in [-0.2, 0) is 4.74 Å². The maximum absolute atomic E-state index is 11.4. The number of nitrogen functional groups attached to an aromatic ring is 1. The van der Waals surface area contributed by atoms with Crippen LogP contribution in [-0.4, -0.2) is 29.8 Å². The number of hydrogen-bond acceptors (Lipinski definition) is 6. The zero-order valence-corrected chi connectivity index (χ0v) is 11.9. The second-order valence-corrected chi connectivity index (χ2v) is 5.13. The van der Waals surface area contributed by atoms with Gasteiger partial charge in [0.05, 0.1) is 11.3 Å². The van der Waals surface area contributed by atoms with Crippen molar-refractivity contribution in [3.63, 3.8) is 0 Å². The summed E-state index contributed by atoms with van der Waals surface area (Å²) in [6, 6.07) is 3.49. The number of amides is 1. The van der Waals surface area contributed by atoms with E-state index in [1.165, 1.54) is 12.3 Å². The van der Waals surface area contributed by atoms with Crippen molar-refractivity contribution in [2.45, 2.75) is 26.4 Å². The molecule has 1 heterocycles. The molecule has 0 aliphatic carbocycles. The Balaban J connectivity index is 2.35. The number of anilines is 2. The summed E-state index contributed by atoms with van der Waals surface area (Å²) in [5, 5.41) is 14.3. The Morgan fingerprint density at radius 2 is 2.20 bits per heavy atom. The van der Waals surface area contributed by atoms with Crippen LogP contribution in [0.2, 0.25) is 0 Å². The van der Waals surface area contributed by atoms with Crippen molar-refractivity contribution < 1.29 is 9.53 Å². The predicted octanol–water partition coefficient (Wildman–Crippen LogP) is 1.47. The normalized spacial score (nSPS) is 10.5. The van der Waals surface area contributed by atoms with E-state index in [1.54, 1.807) is 20.8 Å². The van der Waals surface area contributed by atoms with Gasteiger partial charge in [0.2, 0.25) is 0 Å². The first-order valence-corrected chi connectivity index (χ1v) is 6.18. The zero-order valence-electron chi connectivity index (χ0n) is 11.9. The van der Waals surface area contributed by atoms with Gasteiger partial charge < -0.3 is 21.1 Å². The summed E-state index contributed by atoms with van der Waals surface area (Å²) in [6.07, 6.45) is 0.958. The maximum Gasteiger partial charge on any atom is 0.407 e. The second kappa shape index (κ2) is 6.61. The summed E-state index contributed by atoms with van der Waals surface area (Å²) in [5.74, 6) is 0.481. The van der Waals surface area contributed by atoms with E-state index in [9.17, 15) is 4.79 Å². The molecule has 1 rings (SSSR count). The molecule has 4 N–H and O–H groups in total. The van der Waals surface area contributed by atoms with Gasteiger partial charge in [-0.15, -0.1) is 0 Å². The van der Waals surface area contributed by atoms with Crippen molar-refractivity contribution >= 4 is 17.6 Å². The molecule has 0 saturated carbocycles. The minimum absolute atomic E-state index is 0.371. The molecule has 1 aromatic rings. The molecule has 0 saturated heterocycles. The van der Waals surface area contributed by atoms with Gasteiger partial charge in [0, 0.05) is 19.3 Å². The van der Waals surface area contributed by atoms with E-state index < -0.39 is 11.7 Å². The number of aromatic nitrogens is 1. The largest absolute Gasteiger partial charge is 0.444 e. The number of carbonyl (C=O) groups excluding carboxylic acids is 1. The fraction of sp³-hybridized carbons (Fsp3) is 0.462. The molecule has 7 nitrogen and oxygen atoms in total. The van der Waals surface area contributed by atoms with Gasteiger partial charge in [-0.05, 0) is 26.8 Å². The minimum atomic E-state index is -0.517. The van der Waals surface area contributed by atoms with Crippen LogP contribution in [0.4, 0.5) is 16.3 Å². The quantitative estimate of drug-likeness (QED) is 0.718. The molecule has 1 amide bonds. The molecule has 108 valence electrons. The van der Waals surface area contributed by atoms with Crippen LogP contribution >= 0.6 is 0 Å². The van der Waals surface area contributed by atoms with Gasteiger partial charge in [-0.3, -0.25) is 0 Å². The highest BCUT2D eigenvalue weighted by molar-refractivity contribution is 5.68. The molecular weight excluding hydrogens is 258 g/mol. The first-order chi connectivity index (χ1) is 9.31. The smallest absolute Gasteiger partial charge is 0.407 e. The van der Waals surface area contributed by atoms with Gasteiger partial charge in [-0.1, -0.05) is 0 Å². The molecule has 0 atom stereocenters. The van der Waals surface area contributed by atoms with Crippen LogP contribution in [0.5, 0.6) is 0 Å². The average molecular weight is 277 g/mol. The van der Waals surface area contributed by atoms with Crippen LogP contribution in [0, 0.1) is 11.3 Å². The van der Waals surface area contributed by atoms with Gasteiger partial charge in [0.25, 0.3) is 0 Å². The van der Waals surface area contributed by atoms with Crippen molar-refractivity contribution in [2.24, 2.45) is 0 Å². The maximum atomic E-state index is 11.4. The number of alkyl carbamates (subject to hydrolysis) is 1. The van der Waals surface area contributed by atoms with E-state index in [4.69, 9.17) is 15.7 Å². The van der Waals surface area contributed by atoms with Crippen LogP contribution < -0.4 is 16.4 Å². The Morgan fingerprint density at radius 1 is 1.50 bits per heavy atom. The Kier molecular flexibility index (Phi) is 5.15. The van der Waals surface area contributed by atoms with Crippen molar-refractivity contribution in [1.82, 2.24) is 10.3 Å². The highest BCUT2D eigenvalue weighted by atomic mass is 16.6. The molecule has 0 radical (unpaired) electrons. The summed E-state index contributed by atoms with van der Waals surface area (Å²) in [6.45, 7) is 6.21. The summed E-state index contributed by atoms with van der Waals surface area (Å²) in [5.41, 5.74) is 6.01. The van der Waals surface area contributed by atoms with Gasteiger partial charge in [0.1, 0.15) is 17.5 Å². The number of nitrogens with two attached hydrogens (primary N) is 1. The first kappa shape index (κ1) is 15.6. The van der Waals surface area contributed by atoms with Crippen molar-refractivity contribution in [3.05, 3.63) is 17.8 Å². The van der Waals surface area contributed by atoms with E-state index >= 15 is 0 Å². The van der Waals surface area contributed by atoms with Gasteiger partial charge in [-0.2, -0.15) is 5.26 Å². The van der Waals surface area contributed by atoms with Crippen molar-refractivity contribution in [1.29, 1.82) is 5.26 Å². The third-order valence-electron chi connectivity index (χ3n) is 2.13. The first-order valence-electron chi connectivity index (χ1n) is 6.18. The predicted molar refractivity (Wildman–Crippen MR) is 76.1 cm³/mol. The van der Waals surface area contributed by atoms with Gasteiger partial charge >= 0.3 is 6.09 Å². The lowest BCUT2D eigenvalue weighted by Crippen LogP contribution is -2.35. The summed E-state index contributed by atoms with van der Waals surface area (Å²) < 4.78 is 5.09. The molecule has 0 aliphatic heterocycles. The molecule has 0 unspecified atom stereocenters. The number of pyridine rings is 1. The van der Waals surface area contributed by atoms with E-state index in [2.05, 4.69) is 15.6 Å². The van der Waals surface area contributed by atoms with Crippen LogP contribution in [0.1, 0.15) is 26.3 Å². The molecule has 0 spiro atoms. The number of rotatable bonds is 4. The molecule has 0 aromatic carbocycles. The fourth-order valence-corrected chi connectivity index (χ4v) is 1.35. The van der Waals surface area contributed by atoms with E-state index in [1.807, 2.05) is 6.07 Å². The Hall–Kier alpha value is -2.49. The Bertz CT molecular complexity index is 516. The number of hydrogen-bond donors (Lipinski definition) is 3. The van der Waals surface area contributed by atoms with E-state index in [0.29, 0.717) is 30.2 Å². The molecule has 0 bridgehead atoms. The Labute approximate surface area is 118 Å². The van der Waals surface area contributed by atoms with E-state index in [0.717, 1.165) is 0 Å². The second-order valence-electron chi connectivity index (χ2n) is 5.13. The average Bonchev–Trinajstić information content (AvgIpc) is 2.33. The van der Waals surface area contributed by atoms with Crippen LogP contribution in [0.3, 0.4) is 0 Å². The third-order valence-corrected chi connectivity index (χ3v) is 2.13. The molecule has 7 heteroatoms. The highest BCUT2D eigenvalue weighted by Gasteiger charge is 2.15. The lowest BCUT2D eigenvalue weighted by atomic mass is 10.2. The lowest BCUT2D eigenvalue weighted by molar-refractivity contribution is 0.0530. The van der Waals surface area contributed by atoms with Gasteiger partial charge in [-0.25, -0.2) is 9.78 Å². The molecular formula is C13H19N5O2. The zero-order chi connectivity index (χ0) is 15.2. The number of nitrogens with one attached hydrogen (secondary N) is 2. The number of nitriles is 1. The lowest BCUT2D eigenvalue weighted by Gasteiger charge is -2.19. The van der Waals surface area contributed by atoms with Crippen molar-refractivity contribution in [2.75, 3.05) is 24.1 Å². The number of nitrogens with zero attached hydrogens (tertiary/aromatic N) is 2. The highest BCUT2D eigenvalue weighted by Crippen LogP contribution is 2.15. The standard InChI is InChI=1S/C13H19N5O2/c1-13(2,3)20-12(19)17-5-4-16-11-10(15)6-9(7-14)8-18-11/h6,8H,4-5,15H2,1-3H3,(H,16,18)(H,17,19). The summed E-state index contributed by atoms with van der Waals surface area (Å²) in [4.78, 5) is 15.4. The van der Waals surface area contributed by atoms with Gasteiger partial charge in [0.15, 0.2) is 0 Å². The third kappa shape index (κ3) is 5.44. The van der Waals surface area contributed by atoms with Crippen molar-refractivity contribution in [3.8, 4) is 6.07 Å². The Morgan fingerprint density at radius 3 is 2.75 bits per heavy atom. The SMILES string of the molecule is CC(C)(C)OC(=O)NCCNc1ncc(C#N)cc1N. The molecule has 20 heavy (non-hydrogen) atoms. The molecule has 0 aliphatic rings. The minimum Gasteiger partial charge on any atom is -0.444 e. The summed E-state index contributed by atoms with van der Waals surface area (Å²) >= 11 is 0. The topological polar surface area (TPSA) is 113 Å². The molecule has 0 fully saturated rings. The van der Waals surface area contributed by atoms with Crippen LogP contribution in [0.25, 0.3) is 0 Å². The fourth-order valence-electron chi connectivity index (χ4n) is 1.35. The van der Waals surface area contributed by atoms with Crippen LogP contribution in [0.15, 0.2) is 12.3 Å².